The SMILES string of the molecule is CN1CCN(C(=O)[C@@H]2C[C@@H]2c2ccccc2)C[C@@H]1c1ncc[nH]1. The van der Waals surface area contributed by atoms with Gasteiger partial charge in [0.05, 0.1) is 6.04 Å². The van der Waals surface area contributed by atoms with Gasteiger partial charge in [0.25, 0.3) is 0 Å². The molecule has 3 atom stereocenters. The number of aromatic amines is 1. The van der Waals surface area contributed by atoms with Crippen LogP contribution in [0.3, 0.4) is 0 Å². The summed E-state index contributed by atoms with van der Waals surface area (Å²) >= 11 is 0. The van der Waals surface area contributed by atoms with Gasteiger partial charge in [-0.3, -0.25) is 9.69 Å². The number of imidazole rings is 1. The van der Waals surface area contributed by atoms with Gasteiger partial charge in [0, 0.05) is 37.9 Å². The van der Waals surface area contributed by atoms with Crippen LogP contribution >= 0.6 is 0 Å². The Balaban J connectivity index is 1.43. The van der Waals surface area contributed by atoms with Crippen LogP contribution in [0.15, 0.2) is 42.7 Å². The molecule has 0 bridgehead atoms. The molecule has 120 valence electrons. The van der Waals surface area contributed by atoms with E-state index in [1.165, 1.54) is 5.56 Å². The fourth-order valence-corrected chi connectivity index (χ4v) is 3.60. The van der Waals surface area contributed by atoms with E-state index in [1.807, 2.05) is 17.2 Å². The van der Waals surface area contributed by atoms with Crippen molar-refractivity contribution < 1.29 is 4.79 Å². The van der Waals surface area contributed by atoms with Crippen LogP contribution in [0.4, 0.5) is 0 Å². The molecule has 2 aromatic rings. The molecule has 1 aliphatic carbocycles. The molecule has 1 aromatic heterocycles. The van der Waals surface area contributed by atoms with Gasteiger partial charge < -0.3 is 9.88 Å². The van der Waals surface area contributed by atoms with Crippen LogP contribution in [-0.2, 0) is 4.79 Å². The summed E-state index contributed by atoms with van der Waals surface area (Å²) in [5, 5.41) is 0. The zero-order chi connectivity index (χ0) is 15.8. The van der Waals surface area contributed by atoms with E-state index in [9.17, 15) is 4.79 Å². The quantitative estimate of drug-likeness (QED) is 0.944. The highest BCUT2D eigenvalue weighted by atomic mass is 16.2. The van der Waals surface area contributed by atoms with Crippen LogP contribution in [0.5, 0.6) is 0 Å². The first kappa shape index (κ1) is 14.5. The minimum absolute atomic E-state index is 0.164. The number of rotatable bonds is 3. The summed E-state index contributed by atoms with van der Waals surface area (Å²) in [7, 11) is 2.10. The Morgan fingerprint density at radius 2 is 2.09 bits per heavy atom. The second-order valence-corrected chi connectivity index (χ2v) is 6.61. The van der Waals surface area contributed by atoms with Gasteiger partial charge in [-0.1, -0.05) is 30.3 Å². The Bertz CT molecular complexity index is 670. The third-order valence-electron chi connectivity index (χ3n) is 5.13. The molecule has 5 nitrogen and oxygen atoms in total. The predicted molar refractivity (Wildman–Crippen MR) is 87.8 cm³/mol. The Hall–Kier alpha value is -2.14. The summed E-state index contributed by atoms with van der Waals surface area (Å²) in [5.74, 6) is 1.83. The molecule has 1 N–H and O–H groups in total. The van der Waals surface area contributed by atoms with E-state index in [0.29, 0.717) is 11.8 Å². The lowest BCUT2D eigenvalue weighted by Gasteiger charge is -2.38. The maximum atomic E-state index is 12.8. The number of H-pyrrole nitrogens is 1. The summed E-state index contributed by atoms with van der Waals surface area (Å²) in [4.78, 5) is 24.7. The van der Waals surface area contributed by atoms with E-state index in [-0.39, 0.29) is 12.0 Å². The number of nitrogens with one attached hydrogen (secondary N) is 1. The smallest absolute Gasteiger partial charge is 0.226 e. The van der Waals surface area contributed by atoms with Crippen molar-refractivity contribution in [1.29, 1.82) is 0 Å². The van der Waals surface area contributed by atoms with Crippen molar-refractivity contribution in [2.75, 3.05) is 26.7 Å². The lowest BCUT2D eigenvalue weighted by molar-refractivity contribution is -0.135. The zero-order valence-electron chi connectivity index (χ0n) is 13.4. The molecule has 2 heterocycles. The summed E-state index contributed by atoms with van der Waals surface area (Å²) in [6.07, 6.45) is 4.60. The van der Waals surface area contributed by atoms with Gasteiger partial charge in [-0.25, -0.2) is 4.98 Å². The van der Waals surface area contributed by atoms with Gasteiger partial charge in [0.2, 0.25) is 5.91 Å². The van der Waals surface area contributed by atoms with Crippen molar-refractivity contribution in [2.24, 2.45) is 5.92 Å². The van der Waals surface area contributed by atoms with E-state index >= 15 is 0 Å². The lowest BCUT2D eigenvalue weighted by Crippen LogP contribution is -2.49. The van der Waals surface area contributed by atoms with E-state index in [0.717, 1.165) is 31.9 Å². The molecule has 4 rings (SSSR count). The van der Waals surface area contributed by atoms with Crippen molar-refractivity contribution >= 4 is 5.91 Å². The molecule has 23 heavy (non-hydrogen) atoms. The van der Waals surface area contributed by atoms with Gasteiger partial charge in [-0.2, -0.15) is 0 Å². The number of carbonyl (C=O) groups excluding carboxylic acids is 1. The summed E-state index contributed by atoms with van der Waals surface area (Å²) in [6, 6.07) is 10.6. The number of aromatic nitrogens is 2. The molecule has 0 unspecified atom stereocenters. The average Bonchev–Trinajstić information content (AvgIpc) is 3.21. The van der Waals surface area contributed by atoms with Crippen molar-refractivity contribution in [2.45, 2.75) is 18.4 Å². The van der Waals surface area contributed by atoms with Crippen LogP contribution in [0, 0.1) is 5.92 Å². The van der Waals surface area contributed by atoms with E-state index in [4.69, 9.17) is 0 Å². The predicted octanol–water partition coefficient (Wildman–Crippen LogP) is 2.03. The Morgan fingerprint density at radius 3 is 2.83 bits per heavy atom. The molecule has 0 spiro atoms. The first-order valence-corrected chi connectivity index (χ1v) is 8.27. The highest BCUT2D eigenvalue weighted by molar-refractivity contribution is 5.83. The summed E-state index contributed by atoms with van der Waals surface area (Å²) < 4.78 is 0. The van der Waals surface area contributed by atoms with Crippen LogP contribution in [0.2, 0.25) is 0 Å². The average molecular weight is 310 g/mol. The normalized spacial score (nSPS) is 27.9. The third-order valence-corrected chi connectivity index (χ3v) is 5.13. The number of hydrogen-bond donors (Lipinski definition) is 1. The summed E-state index contributed by atoms with van der Waals surface area (Å²) in [5.41, 5.74) is 1.29. The van der Waals surface area contributed by atoms with Crippen molar-refractivity contribution in [3.8, 4) is 0 Å². The number of likely N-dealkylation sites (N-methyl/N-ethyl adjacent to an activating group) is 1. The van der Waals surface area contributed by atoms with E-state index in [1.54, 1.807) is 6.20 Å². The molecule has 1 aliphatic heterocycles. The lowest BCUT2D eigenvalue weighted by atomic mass is 10.1. The van der Waals surface area contributed by atoms with Crippen molar-refractivity contribution in [1.82, 2.24) is 19.8 Å². The van der Waals surface area contributed by atoms with Crippen LogP contribution in [-0.4, -0.2) is 52.4 Å². The van der Waals surface area contributed by atoms with Gasteiger partial charge in [-0.15, -0.1) is 0 Å². The van der Waals surface area contributed by atoms with Crippen LogP contribution in [0.25, 0.3) is 0 Å². The highest BCUT2D eigenvalue weighted by Gasteiger charge is 2.46. The zero-order valence-corrected chi connectivity index (χ0v) is 13.4. The first-order valence-electron chi connectivity index (χ1n) is 8.27. The Morgan fingerprint density at radius 1 is 1.26 bits per heavy atom. The molecule has 1 saturated heterocycles. The van der Waals surface area contributed by atoms with Gasteiger partial charge >= 0.3 is 0 Å². The molecular weight excluding hydrogens is 288 g/mol. The van der Waals surface area contributed by atoms with E-state index < -0.39 is 0 Å². The molecule has 1 saturated carbocycles. The Kier molecular flexibility index (Phi) is 3.65. The second-order valence-electron chi connectivity index (χ2n) is 6.61. The van der Waals surface area contributed by atoms with Gasteiger partial charge in [-0.05, 0) is 24.9 Å². The molecule has 1 amide bonds. The highest BCUT2D eigenvalue weighted by Crippen LogP contribution is 2.48. The molecule has 0 radical (unpaired) electrons. The maximum absolute atomic E-state index is 12.8. The number of carbonyl (C=O) groups is 1. The number of nitrogens with zero attached hydrogens (tertiary/aromatic N) is 3. The number of hydrogen-bond acceptors (Lipinski definition) is 3. The van der Waals surface area contributed by atoms with Crippen LogP contribution in [0.1, 0.15) is 29.8 Å². The fraction of sp³-hybridized carbons (Fsp3) is 0.444. The van der Waals surface area contributed by atoms with Crippen molar-refractivity contribution in [3.05, 3.63) is 54.1 Å². The molecule has 5 heteroatoms. The van der Waals surface area contributed by atoms with E-state index in [2.05, 4.69) is 46.2 Å². The minimum atomic E-state index is 0.164. The van der Waals surface area contributed by atoms with Gasteiger partial charge in [0.15, 0.2) is 0 Å². The number of benzene rings is 1. The van der Waals surface area contributed by atoms with Gasteiger partial charge in [0.1, 0.15) is 5.82 Å². The monoisotopic (exact) mass is 310 g/mol. The third kappa shape index (κ3) is 2.77. The fourth-order valence-electron chi connectivity index (χ4n) is 3.60. The standard InChI is InChI=1S/C18H22N4O/c1-21-9-10-22(12-16(21)17-19-7-8-20-17)18(23)15-11-14(15)13-5-3-2-4-6-13/h2-8,14-16H,9-12H2,1H3,(H,19,20)/t14-,15-,16-/m1/s1. The first-order chi connectivity index (χ1) is 11.2. The molecule has 2 fully saturated rings. The maximum Gasteiger partial charge on any atom is 0.226 e. The topological polar surface area (TPSA) is 52.2 Å². The van der Waals surface area contributed by atoms with Crippen molar-refractivity contribution in [3.63, 3.8) is 0 Å². The number of piperazine rings is 1. The molecule has 1 aromatic carbocycles. The number of amides is 1. The molecule has 2 aliphatic rings. The minimum Gasteiger partial charge on any atom is -0.347 e. The van der Waals surface area contributed by atoms with Crippen LogP contribution < -0.4 is 0 Å². The molecular formula is C18H22N4O. The Labute approximate surface area is 136 Å². The largest absolute Gasteiger partial charge is 0.347 e. The second kappa shape index (κ2) is 5.81. The summed E-state index contributed by atoms with van der Waals surface area (Å²) in [6.45, 7) is 2.42.